The SMILES string of the molecule is O=C(NCCC1=CCCCC1)[C@@H](c1ccccc1)N(Cc1ccc(F)cc1)C(=O)Cc1ccccc1. The van der Waals surface area contributed by atoms with Crippen molar-refractivity contribution in [3.8, 4) is 0 Å². The highest BCUT2D eigenvalue weighted by molar-refractivity contribution is 5.89. The number of rotatable bonds is 10. The molecule has 0 aromatic heterocycles. The fourth-order valence-corrected chi connectivity index (χ4v) is 4.66. The zero-order chi connectivity index (χ0) is 25.2. The number of benzene rings is 3. The Bertz CT molecular complexity index is 1160. The van der Waals surface area contributed by atoms with Crippen LogP contribution >= 0.6 is 0 Å². The molecule has 36 heavy (non-hydrogen) atoms. The molecule has 0 spiro atoms. The average molecular weight is 485 g/mol. The van der Waals surface area contributed by atoms with Crippen LogP contribution in [0, 0.1) is 5.82 Å². The van der Waals surface area contributed by atoms with Crippen molar-refractivity contribution in [3.05, 3.63) is 119 Å². The molecule has 3 aromatic rings. The highest BCUT2D eigenvalue weighted by Crippen LogP contribution is 2.26. The first-order chi connectivity index (χ1) is 17.6. The summed E-state index contributed by atoms with van der Waals surface area (Å²) < 4.78 is 13.6. The minimum absolute atomic E-state index is 0.162. The topological polar surface area (TPSA) is 49.4 Å². The molecule has 1 aliphatic rings. The van der Waals surface area contributed by atoms with Crippen LogP contribution in [0.15, 0.2) is 96.6 Å². The van der Waals surface area contributed by atoms with Gasteiger partial charge >= 0.3 is 0 Å². The summed E-state index contributed by atoms with van der Waals surface area (Å²) in [7, 11) is 0. The predicted molar refractivity (Wildman–Crippen MR) is 140 cm³/mol. The first kappa shape index (κ1) is 25.4. The Morgan fingerprint density at radius 1 is 0.861 bits per heavy atom. The zero-order valence-corrected chi connectivity index (χ0v) is 20.5. The van der Waals surface area contributed by atoms with Gasteiger partial charge in [-0.3, -0.25) is 9.59 Å². The lowest BCUT2D eigenvalue weighted by Crippen LogP contribution is -2.44. The fraction of sp³-hybridized carbons (Fsp3) is 0.290. The second-order valence-electron chi connectivity index (χ2n) is 9.27. The number of nitrogens with one attached hydrogen (secondary N) is 1. The van der Waals surface area contributed by atoms with E-state index in [0.29, 0.717) is 6.54 Å². The maximum atomic E-state index is 13.7. The first-order valence-electron chi connectivity index (χ1n) is 12.7. The van der Waals surface area contributed by atoms with Crippen molar-refractivity contribution in [1.82, 2.24) is 10.2 Å². The molecular formula is C31H33FN2O2. The van der Waals surface area contributed by atoms with Crippen molar-refractivity contribution in [2.45, 2.75) is 51.1 Å². The van der Waals surface area contributed by atoms with Crippen LogP contribution in [0.3, 0.4) is 0 Å². The second kappa shape index (κ2) is 12.8. The van der Waals surface area contributed by atoms with Crippen molar-refractivity contribution in [1.29, 1.82) is 0 Å². The second-order valence-corrected chi connectivity index (χ2v) is 9.27. The summed E-state index contributed by atoms with van der Waals surface area (Å²) >= 11 is 0. The van der Waals surface area contributed by atoms with Crippen LogP contribution < -0.4 is 5.32 Å². The standard InChI is InChI=1S/C31H33FN2O2/c32-28-18-16-26(17-19-28)23-34(29(35)22-25-12-6-2-7-13-25)30(27-14-8-3-9-15-27)31(36)33-21-20-24-10-4-1-5-11-24/h2-3,6-10,12-19,30H,1,4-5,11,20-23H2,(H,33,36)/t30-/m1/s1. The first-order valence-corrected chi connectivity index (χ1v) is 12.7. The van der Waals surface area contributed by atoms with Crippen LogP contribution in [0.4, 0.5) is 4.39 Å². The molecule has 1 atom stereocenters. The molecule has 0 radical (unpaired) electrons. The van der Waals surface area contributed by atoms with Crippen molar-refractivity contribution in [2.24, 2.45) is 0 Å². The van der Waals surface area contributed by atoms with E-state index < -0.39 is 6.04 Å². The molecule has 0 saturated heterocycles. The van der Waals surface area contributed by atoms with Gasteiger partial charge in [0.05, 0.1) is 6.42 Å². The van der Waals surface area contributed by atoms with Gasteiger partial charge in [0.15, 0.2) is 0 Å². The van der Waals surface area contributed by atoms with Crippen molar-refractivity contribution in [3.63, 3.8) is 0 Å². The molecule has 0 bridgehead atoms. The van der Waals surface area contributed by atoms with Gasteiger partial charge in [-0.05, 0) is 60.9 Å². The summed E-state index contributed by atoms with van der Waals surface area (Å²) in [6, 6.07) is 24.2. The quantitative estimate of drug-likeness (QED) is 0.351. The summed E-state index contributed by atoms with van der Waals surface area (Å²) in [5, 5.41) is 3.09. The average Bonchev–Trinajstić information content (AvgIpc) is 2.91. The molecule has 186 valence electrons. The lowest BCUT2D eigenvalue weighted by molar-refractivity contribution is -0.141. The van der Waals surface area contributed by atoms with Gasteiger partial charge in [0.2, 0.25) is 11.8 Å². The zero-order valence-electron chi connectivity index (χ0n) is 20.5. The van der Waals surface area contributed by atoms with E-state index in [1.54, 1.807) is 17.0 Å². The maximum absolute atomic E-state index is 13.7. The van der Waals surface area contributed by atoms with E-state index in [1.165, 1.54) is 30.5 Å². The van der Waals surface area contributed by atoms with Gasteiger partial charge in [-0.15, -0.1) is 0 Å². The Kier molecular flexibility index (Phi) is 9.03. The van der Waals surface area contributed by atoms with Crippen LogP contribution in [0.1, 0.15) is 54.8 Å². The van der Waals surface area contributed by atoms with E-state index in [1.807, 2.05) is 60.7 Å². The third-order valence-electron chi connectivity index (χ3n) is 6.59. The number of halogens is 1. The van der Waals surface area contributed by atoms with Gasteiger partial charge in [-0.2, -0.15) is 0 Å². The number of allylic oxidation sites excluding steroid dienone is 1. The summed E-state index contributed by atoms with van der Waals surface area (Å²) in [5.74, 6) is -0.707. The summed E-state index contributed by atoms with van der Waals surface area (Å²) in [6.07, 6.45) is 7.91. The van der Waals surface area contributed by atoms with Crippen molar-refractivity contribution < 1.29 is 14.0 Å². The fourth-order valence-electron chi connectivity index (χ4n) is 4.66. The number of carbonyl (C=O) groups is 2. The van der Waals surface area contributed by atoms with E-state index in [-0.39, 0.29) is 30.6 Å². The lowest BCUT2D eigenvalue weighted by atomic mass is 9.97. The van der Waals surface area contributed by atoms with Gasteiger partial charge in [-0.25, -0.2) is 4.39 Å². The Hall–Kier alpha value is -3.73. The molecule has 5 heteroatoms. The van der Waals surface area contributed by atoms with E-state index in [9.17, 15) is 14.0 Å². The van der Waals surface area contributed by atoms with E-state index in [4.69, 9.17) is 0 Å². The maximum Gasteiger partial charge on any atom is 0.247 e. The van der Waals surface area contributed by atoms with Crippen LogP contribution in [-0.4, -0.2) is 23.3 Å². The number of hydrogen-bond donors (Lipinski definition) is 1. The molecule has 2 amide bonds. The van der Waals surface area contributed by atoms with Gasteiger partial charge < -0.3 is 10.2 Å². The minimum atomic E-state index is -0.798. The minimum Gasteiger partial charge on any atom is -0.354 e. The van der Waals surface area contributed by atoms with E-state index >= 15 is 0 Å². The Morgan fingerprint density at radius 2 is 1.56 bits per heavy atom. The molecule has 4 nitrogen and oxygen atoms in total. The summed E-state index contributed by atoms with van der Waals surface area (Å²) in [4.78, 5) is 28.9. The molecule has 0 saturated carbocycles. The van der Waals surface area contributed by atoms with Crippen molar-refractivity contribution in [2.75, 3.05) is 6.54 Å². The highest BCUT2D eigenvalue weighted by atomic mass is 19.1. The van der Waals surface area contributed by atoms with Gasteiger partial charge in [0.25, 0.3) is 0 Å². The summed E-state index contributed by atoms with van der Waals surface area (Å²) in [5.41, 5.74) is 3.78. The molecule has 0 unspecified atom stereocenters. The van der Waals surface area contributed by atoms with E-state index in [2.05, 4.69) is 11.4 Å². The van der Waals surface area contributed by atoms with Crippen LogP contribution in [0.2, 0.25) is 0 Å². The van der Waals surface area contributed by atoms with Gasteiger partial charge in [0, 0.05) is 13.1 Å². The van der Waals surface area contributed by atoms with E-state index in [0.717, 1.165) is 36.0 Å². The normalized spacial score (nSPS) is 14.0. The Morgan fingerprint density at radius 3 is 2.22 bits per heavy atom. The lowest BCUT2D eigenvalue weighted by Gasteiger charge is -2.32. The van der Waals surface area contributed by atoms with Gasteiger partial charge in [-0.1, -0.05) is 84.4 Å². The third-order valence-corrected chi connectivity index (χ3v) is 6.59. The molecular weight excluding hydrogens is 451 g/mol. The number of carbonyl (C=O) groups excluding carboxylic acids is 2. The molecule has 0 fully saturated rings. The van der Waals surface area contributed by atoms with Crippen molar-refractivity contribution >= 4 is 11.8 Å². The predicted octanol–water partition coefficient (Wildman–Crippen LogP) is 6.15. The Labute approximate surface area is 212 Å². The molecule has 0 heterocycles. The van der Waals surface area contributed by atoms with Crippen LogP contribution in [-0.2, 0) is 22.6 Å². The number of amides is 2. The van der Waals surface area contributed by atoms with Crippen LogP contribution in [0.5, 0.6) is 0 Å². The smallest absolute Gasteiger partial charge is 0.247 e. The summed E-state index contributed by atoms with van der Waals surface area (Å²) in [6.45, 7) is 0.731. The highest BCUT2D eigenvalue weighted by Gasteiger charge is 2.31. The molecule has 3 aromatic carbocycles. The molecule has 1 N–H and O–H groups in total. The number of hydrogen-bond acceptors (Lipinski definition) is 2. The monoisotopic (exact) mass is 484 g/mol. The molecule has 0 aliphatic heterocycles. The largest absolute Gasteiger partial charge is 0.354 e. The molecule has 1 aliphatic carbocycles. The van der Waals surface area contributed by atoms with Gasteiger partial charge in [0.1, 0.15) is 11.9 Å². The third kappa shape index (κ3) is 7.14. The molecule has 4 rings (SSSR count). The number of nitrogens with zero attached hydrogens (tertiary/aromatic N) is 1. The Balaban J connectivity index is 1.60. The van der Waals surface area contributed by atoms with Crippen LogP contribution in [0.25, 0.3) is 0 Å².